The highest BCUT2D eigenvalue weighted by Crippen LogP contribution is 2.34. The van der Waals surface area contributed by atoms with Crippen molar-refractivity contribution in [2.24, 2.45) is 0 Å². The first-order valence-electron chi connectivity index (χ1n) is 14.3. The Bertz CT molecular complexity index is 1580. The quantitative estimate of drug-likeness (QED) is 0.239. The molecule has 1 fully saturated rings. The summed E-state index contributed by atoms with van der Waals surface area (Å²) in [5, 5.41) is 8.74. The fourth-order valence-electron chi connectivity index (χ4n) is 5.36. The first kappa shape index (κ1) is 29.0. The molecule has 0 atom stereocenters. The number of methoxy groups -OCH3 is 1. The minimum Gasteiger partial charge on any atom is -0.465 e. The largest absolute Gasteiger partial charge is 0.465 e. The Morgan fingerprint density at radius 2 is 1.57 bits per heavy atom. The maximum Gasteiger partial charge on any atom is 0.410 e. The van der Waals surface area contributed by atoms with E-state index in [4.69, 9.17) is 9.47 Å². The molecule has 8 heteroatoms. The van der Waals surface area contributed by atoms with Crippen LogP contribution in [-0.4, -0.2) is 57.8 Å². The molecular weight excluding hydrogens is 528 g/mol. The van der Waals surface area contributed by atoms with Crippen LogP contribution in [0.3, 0.4) is 0 Å². The Morgan fingerprint density at radius 1 is 0.905 bits per heavy atom. The third-order valence-electron chi connectivity index (χ3n) is 7.74. The van der Waals surface area contributed by atoms with Gasteiger partial charge in [0.2, 0.25) is 0 Å². The van der Waals surface area contributed by atoms with Crippen molar-refractivity contribution < 1.29 is 19.1 Å². The average Bonchev–Trinajstić information content (AvgIpc) is 3.47. The van der Waals surface area contributed by atoms with Crippen molar-refractivity contribution in [3.05, 3.63) is 89.1 Å². The highest BCUT2D eigenvalue weighted by atomic mass is 16.6. The molecule has 218 valence electrons. The fourth-order valence-corrected chi connectivity index (χ4v) is 5.36. The van der Waals surface area contributed by atoms with Crippen LogP contribution in [0.25, 0.3) is 28.1 Å². The van der Waals surface area contributed by atoms with Crippen molar-refractivity contribution >= 4 is 12.1 Å². The molecule has 1 aliphatic heterocycles. The van der Waals surface area contributed by atoms with Gasteiger partial charge in [-0.05, 0) is 99.9 Å². The van der Waals surface area contributed by atoms with Gasteiger partial charge in [0.25, 0.3) is 0 Å². The summed E-state index contributed by atoms with van der Waals surface area (Å²) < 4.78 is 12.4. The van der Waals surface area contributed by atoms with Crippen molar-refractivity contribution in [3.8, 4) is 28.1 Å². The zero-order valence-electron chi connectivity index (χ0n) is 25.2. The second kappa shape index (κ2) is 11.8. The van der Waals surface area contributed by atoms with Gasteiger partial charge in [-0.1, -0.05) is 47.2 Å². The summed E-state index contributed by atoms with van der Waals surface area (Å²) in [4.78, 5) is 27.0. The number of amides is 1. The van der Waals surface area contributed by atoms with Crippen LogP contribution in [0.5, 0.6) is 0 Å². The monoisotopic (exact) mass is 566 g/mol. The minimum absolute atomic E-state index is 0.244. The van der Waals surface area contributed by atoms with E-state index in [-0.39, 0.29) is 6.09 Å². The number of rotatable bonds is 5. The molecule has 0 spiro atoms. The number of ether oxygens (including phenoxy) is 2. The summed E-state index contributed by atoms with van der Waals surface area (Å²) in [6.45, 7) is 11.0. The molecule has 4 aromatic rings. The molecule has 0 aliphatic carbocycles. The van der Waals surface area contributed by atoms with Crippen molar-refractivity contribution in [1.29, 1.82) is 0 Å². The molecule has 0 bridgehead atoms. The number of carbonyl (C=O) groups is 2. The van der Waals surface area contributed by atoms with Crippen molar-refractivity contribution in [1.82, 2.24) is 19.9 Å². The molecule has 42 heavy (non-hydrogen) atoms. The van der Waals surface area contributed by atoms with E-state index >= 15 is 0 Å². The number of esters is 1. The smallest absolute Gasteiger partial charge is 0.410 e. The highest BCUT2D eigenvalue weighted by molar-refractivity contribution is 5.95. The summed E-state index contributed by atoms with van der Waals surface area (Å²) in [6.07, 6.45) is 3.39. The molecule has 0 unspecified atom stereocenters. The highest BCUT2D eigenvalue weighted by Gasteiger charge is 2.27. The number of hydrogen-bond acceptors (Lipinski definition) is 6. The van der Waals surface area contributed by atoms with Crippen LogP contribution < -0.4 is 0 Å². The minimum atomic E-state index is -0.495. The molecule has 0 saturated carbocycles. The number of benzene rings is 3. The second-order valence-electron chi connectivity index (χ2n) is 11.9. The van der Waals surface area contributed by atoms with E-state index in [0.717, 1.165) is 40.8 Å². The lowest BCUT2D eigenvalue weighted by Gasteiger charge is -2.33. The Morgan fingerprint density at radius 3 is 2.19 bits per heavy atom. The van der Waals surface area contributed by atoms with Gasteiger partial charge < -0.3 is 14.4 Å². The van der Waals surface area contributed by atoms with Gasteiger partial charge in [0.1, 0.15) is 11.3 Å². The van der Waals surface area contributed by atoms with Crippen molar-refractivity contribution in [3.63, 3.8) is 0 Å². The number of aryl methyl sites for hydroxylation is 1. The number of nitrogens with zero attached hydrogens (tertiary/aromatic N) is 4. The van der Waals surface area contributed by atoms with E-state index < -0.39 is 11.6 Å². The first-order valence-corrected chi connectivity index (χ1v) is 14.3. The average molecular weight is 567 g/mol. The predicted octanol–water partition coefficient (Wildman–Crippen LogP) is 7.12. The molecule has 5 rings (SSSR count). The molecule has 1 saturated heterocycles. The molecule has 1 amide bonds. The van der Waals surface area contributed by atoms with Gasteiger partial charge in [0.15, 0.2) is 0 Å². The van der Waals surface area contributed by atoms with Gasteiger partial charge in [-0.25, -0.2) is 14.3 Å². The summed E-state index contributed by atoms with van der Waals surface area (Å²) >= 11 is 0. The third-order valence-corrected chi connectivity index (χ3v) is 7.74. The van der Waals surface area contributed by atoms with E-state index in [1.165, 1.54) is 18.2 Å². The van der Waals surface area contributed by atoms with Gasteiger partial charge in [-0.15, -0.1) is 5.10 Å². The van der Waals surface area contributed by atoms with Gasteiger partial charge in [0.05, 0.1) is 24.6 Å². The SMILES string of the molecule is COC(=O)c1cc(-c2cn(-c3ccc(C)cc3)nn2)cc(-c2ccc(C3CCN(C(=O)OC(C)(C)C)CC3)cc2)c1C. The topological polar surface area (TPSA) is 86.6 Å². The molecule has 0 N–H and O–H groups in total. The Balaban J connectivity index is 1.39. The van der Waals surface area contributed by atoms with E-state index in [1.807, 2.05) is 71.1 Å². The van der Waals surface area contributed by atoms with Crippen LogP contribution >= 0.6 is 0 Å². The predicted molar refractivity (Wildman–Crippen MR) is 163 cm³/mol. The van der Waals surface area contributed by atoms with Gasteiger partial charge >= 0.3 is 12.1 Å². The zero-order valence-corrected chi connectivity index (χ0v) is 25.2. The Labute approximate surface area is 247 Å². The van der Waals surface area contributed by atoms with E-state index in [0.29, 0.717) is 30.3 Å². The summed E-state index contributed by atoms with van der Waals surface area (Å²) in [5.74, 6) is -0.0255. The molecule has 0 radical (unpaired) electrons. The van der Waals surface area contributed by atoms with E-state index in [9.17, 15) is 9.59 Å². The molecular formula is C34H38N4O4. The zero-order chi connectivity index (χ0) is 30.0. The summed E-state index contributed by atoms with van der Waals surface area (Å²) in [7, 11) is 1.39. The fraction of sp³-hybridized carbons (Fsp3) is 0.353. The number of likely N-dealkylation sites (tertiary alicyclic amines) is 1. The third kappa shape index (κ3) is 6.38. The Kier molecular flexibility index (Phi) is 8.16. The lowest BCUT2D eigenvalue weighted by molar-refractivity contribution is 0.0204. The van der Waals surface area contributed by atoms with Crippen LogP contribution in [0.1, 0.15) is 66.6 Å². The van der Waals surface area contributed by atoms with Crippen LogP contribution in [-0.2, 0) is 9.47 Å². The van der Waals surface area contributed by atoms with Crippen molar-refractivity contribution in [2.45, 2.75) is 59.0 Å². The number of carbonyl (C=O) groups excluding carboxylic acids is 2. The number of aromatic nitrogens is 3. The second-order valence-corrected chi connectivity index (χ2v) is 11.9. The lowest BCUT2D eigenvalue weighted by Crippen LogP contribution is -2.41. The normalized spacial score (nSPS) is 14.1. The summed E-state index contributed by atoms with van der Waals surface area (Å²) in [5.41, 5.74) is 7.54. The van der Waals surface area contributed by atoms with Crippen LogP contribution in [0.4, 0.5) is 4.79 Å². The van der Waals surface area contributed by atoms with E-state index in [2.05, 4.69) is 40.6 Å². The molecule has 1 aromatic heterocycles. The summed E-state index contributed by atoms with van der Waals surface area (Å²) in [6, 6.07) is 20.4. The first-order chi connectivity index (χ1) is 20.0. The van der Waals surface area contributed by atoms with Gasteiger partial charge in [-0.3, -0.25) is 0 Å². The maximum absolute atomic E-state index is 12.8. The van der Waals surface area contributed by atoms with Crippen LogP contribution in [0, 0.1) is 13.8 Å². The molecule has 8 nitrogen and oxygen atoms in total. The molecule has 1 aliphatic rings. The Hall–Kier alpha value is -4.46. The van der Waals surface area contributed by atoms with Crippen LogP contribution in [0.2, 0.25) is 0 Å². The van der Waals surface area contributed by atoms with Crippen LogP contribution in [0.15, 0.2) is 66.9 Å². The van der Waals surface area contributed by atoms with Gasteiger partial charge in [-0.2, -0.15) is 0 Å². The van der Waals surface area contributed by atoms with E-state index in [1.54, 1.807) is 9.58 Å². The number of hydrogen-bond donors (Lipinski definition) is 0. The number of piperidine rings is 1. The van der Waals surface area contributed by atoms with Gasteiger partial charge in [0, 0.05) is 18.7 Å². The molecule has 2 heterocycles. The molecule has 3 aromatic carbocycles. The standard InChI is InChI=1S/C34H38N4O4/c1-22-7-13-28(14-8-22)38-21-31(35-36-38)27-19-29(23(2)30(20-27)32(39)41-6)26-11-9-24(10-12-26)25-15-17-37(18-16-25)33(40)42-34(3,4)5/h7-14,19-21,25H,15-18H2,1-6H3. The van der Waals surface area contributed by atoms with Crippen molar-refractivity contribution in [2.75, 3.05) is 20.2 Å². The maximum atomic E-state index is 12.8. The lowest BCUT2D eigenvalue weighted by atomic mass is 9.87.